The van der Waals surface area contributed by atoms with Crippen LogP contribution in [0.1, 0.15) is 33.1 Å². The van der Waals surface area contributed by atoms with Gasteiger partial charge in [-0.3, -0.25) is 9.59 Å². The van der Waals surface area contributed by atoms with Crippen LogP contribution in [-0.4, -0.2) is 29.4 Å². The van der Waals surface area contributed by atoms with E-state index in [0.717, 1.165) is 0 Å². The zero-order valence-corrected chi connectivity index (χ0v) is 9.32. The molecule has 0 aromatic heterocycles. The Labute approximate surface area is 90.0 Å². The minimum absolute atomic E-state index is 0.0996. The predicted octanol–water partition coefficient (Wildman–Crippen LogP) is 0.489. The van der Waals surface area contributed by atoms with Crippen LogP contribution in [0.5, 0.6) is 0 Å². The van der Waals surface area contributed by atoms with Crippen LogP contribution in [-0.2, 0) is 9.59 Å². The molecule has 15 heavy (non-hydrogen) atoms. The maximum Gasteiger partial charge on any atom is 0.224 e. The summed E-state index contributed by atoms with van der Waals surface area (Å²) in [6.07, 6.45) is 0.937. The highest BCUT2D eigenvalue weighted by molar-refractivity contribution is 5.96. The molecule has 0 heterocycles. The average molecular weight is 213 g/mol. The van der Waals surface area contributed by atoms with Crippen LogP contribution in [0.25, 0.3) is 0 Å². The lowest BCUT2D eigenvalue weighted by Gasteiger charge is -2.23. The molecule has 1 atom stereocenters. The van der Waals surface area contributed by atoms with Crippen molar-refractivity contribution in [2.75, 3.05) is 6.54 Å². The van der Waals surface area contributed by atoms with Crippen LogP contribution < -0.4 is 5.32 Å². The molecule has 0 spiro atoms. The summed E-state index contributed by atoms with van der Waals surface area (Å²) in [5.41, 5.74) is 0. The maximum absolute atomic E-state index is 11.4. The number of ketones is 1. The van der Waals surface area contributed by atoms with Crippen LogP contribution in [0.3, 0.4) is 0 Å². The second kappa shape index (κ2) is 5.26. The molecule has 1 amide bonds. The van der Waals surface area contributed by atoms with Crippen molar-refractivity contribution < 1.29 is 14.7 Å². The summed E-state index contributed by atoms with van der Waals surface area (Å²) >= 11 is 0. The Bertz CT molecular complexity index is 242. The smallest absolute Gasteiger partial charge is 0.224 e. The number of amides is 1. The van der Waals surface area contributed by atoms with Crippen molar-refractivity contribution in [3.8, 4) is 0 Å². The van der Waals surface area contributed by atoms with Gasteiger partial charge >= 0.3 is 0 Å². The van der Waals surface area contributed by atoms with Gasteiger partial charge in [-0.05, 0) is 12.3 Å². The van der Waals surface area contributed by atoms with Crippen LogP contribution in [0.2, 0.25) is 0 Å². The van der Waals surface area contributed by atoms with Gasteiger partial charge in [-0.25, -0.2) is 0 Å². The van der Waals surface area contributed by atoms with Gasteiger partial charge in [-0.15, -0.1) is 0 Å². The molecule has 2 N–H and O–H groups in total. The molecule has 4 heteroatoms. The number of nitrogens with one attached hydrogen (secondary N) is 1. The minimum Gasteiger partial charge on any atom is -0.391 e. The monoisotopic (exact) mass is 213 g/mol. The lowest BCUT2D eigenvalue weighted by Crippen LogP contribution is -2.42. The Morgan fingerprint density at radius 2 is 2.13 bits per heavy atom. The number of Topliss-reactive ketones (excluding diaryl/α,β-unsaturated/α-hetero) is 1. The Morgan fingerprint density at radius 3 is 2.60 bits per heavy atom. The van der Waals surface area contributed by atoms with E-state index in [1.807, 2.05) is 13.8 Å². The SMILES string of the molecule is CC(C)CC(O)CNC(=O)C1CC(=O)C1. The number of hydrogen-bond donors (Lipinski definition) is 2. The molecule has 0 saturated heterocycles. The Hall–Kier alpha value is -0.900. The van der Waals surface area contributed by atoms with Gasteiger partial charge in [0, 0.05) is 19.4 Å². The van der Waals surface area contributed by atoms with Crippen molar-refractivity contribution in [3.05, 3.63) is 0 Å². The van der Waals surface area contributed by atoms with Crippen LogP contribution in [0.15, 0.2) is 0 Å². The third kappa shape index (κ3) is 4.00. The van der Waals surface area contributed by atoms with E-state index in [-0.39, 0.29) is 17.6 Å². The maximum atomic E-state index is 11.4. The normalized spacial score (nSPS) is 18.8. The molecule has 1 aliphatic carbocycles. The van der Waals surface area contributed by atoms with Gasteiger partial charge in [0.2, 0.25) is 5.91 Å². The number of aliphatic hydroxyl groups is 1. The number of hydrogen-bond acceptors (Lipinski definition) is 3. The quantitative estimate of drug-likeness (QED) is 0.698. The predicted molar refractivity (Wildman–Crippen MR) is 56.2 cm³/mol. The van der Waals surface area contributed by atoms with Gasteiger partial charge in [-0.2, -0.15) is 0 Å². The van der Waals surface area contributed by atoms with Crippen molar-refractivity contribution in [2.45, 2.75) is 39.2 Å². The zero-order valence-electron chi connectivity index (χ0n) is 9.32. The van der Waals surface area contributed by atoms with E-state index >= 15 is 0 Å². The highest BCUT2D eigenvalue weighted by Gasteiger charge is 2.32. The fraction of sp³-hybridized carbons (Fsp3) is 0.818. The van der Waals surface area contributed by atoms with Gasteiger partial charge in [-0.1, -0.05) is 13.8 Å². The third-order valence-corrected chi connectivity index (χ3v) is 2.57. The summed E-state index contributed by atoms with van der Waals surface area (Å²) in [6, 6.07) is 0. The first-order valence-corrected chi connectivity index (χ1v) is 5.46. The second-order valence-electron chi connectivity index (χ2n) is 4.67. The standard InChI is InChI=1S/C11H19NO3/c1-7(2)3-10(14)6-12-11(15)8-4-9(13)5-8/h7-8,10,14H,3-6H2,1-2H3,(H,12,15). The first-order valence-electron chi connectivity index (χ1n) is 5.46. The summed E-state index contributed by atoms with van der Waals surface area (Å²) in [5.74, 6) is 0.321. The second-order valence-corrected chi connectivity index (χ2v) is 4.67. The fourth-order valence-corrected chi connectivity index (χ4v) is 1.67. The van der Waals surface area contributed by atoms with Crippen LogP contribution in [0, 0.1) is 11.8 Å². The Morgan fingerprint density at radius 1 is 1.53 bits per heavy atom. The summed E-state index contributed by atoms with van der Waals surface area (Å²) in [4.78, 5) is 22.1. The van der Waals surface area contributed by atoms with E-state index < -0.39 is 6.10 Å². The Kier molecular flexibility index (Phi) is 4.27. The van der Waals surface area contributed by atoms with Gasteiger partial charge in [0.05, 0.1) is 12.0 Å². The van der Waals surface area contributed by atoms with Gasteiger partial charge in [0.1, 0.15) is 5.78 Å². The molecule has 0 bridgehead atoms. The van der Waals surface area contributed by atoms with Gasteiger partial charge < -0.3 is 10.4 Å². The third-order valence-electron chi connectivity index (χ3n) is 2.57. The lowest BCUT2D eigenvalue weighted by molar-refractivity contribution is -0.138. The lowest BCUT2D eigenvalue weighted by atomic mass is 9.83. The number of aliphatic hydroxyl groups excluding tert-OH is 1. The first kappa shape index (κ1) is 12.2. The molecule has 1 aliphatic rings. The molecule has 0 aromatic rings. The summed E-state index contributed by atoms with van der Waals surface area (Å²) in [6.45, 7) is 4.34. The molecule has 0 aliphatic heterocycles. The molecule has 1 rings (SSSR count). The largest absolute Gasteiger partial charge is 0.391 e. The van der Waals surface area contributed by atoms with Crippen LogP contribution >= 0.6 is 0 Å². The topological polar surface area (TPSA) is 66.4 Å². The molecule has 4 nitrogen and oxygen atoms in total. The van der Waals surface area contributed by atoms with Crippen molar-refractivity contribution in [2.24, 2.45) is 11.8 Å². The van der Waals surface area contributed by atoms with Crippen LogP contribution in [0.4, 0.5) is 0 Å². The summed E-state index contributed by atoms with van der Waals surface area (Å²) in [7, 11) is 0. The number of carbonyl (C=O) groups excluding carboxylic acids is 2. The summed E-state index contributed by atoms with van der Waals surface area (Å²) in [5, 5.41) is 12.2. The van der Waals surface area contributed by atoms with E-state index in [2.05, 4.69) is 5.32 Å². The highest BCUT2D eigenvalue weighted by Crippen LogP contribution is 2.22. The molecular formula is C11H19NO3. The van der Waals surface area contributed by atoms with E-state index in [4.69, 9.17) is 0 Å². The molecule has 0 aromatic carbocycles. The fourth-order valence-electron chi connectivity index (χ4n) is 1.67. The molecular weight excluding hydrogens is 194 g/mol. The van der Waals surface area contributed by atoms with E-state index in [1.165, 1.54) is 0 Å². The van der Waals surface area contributed by atoms with Gasteiger partial charge in [0.15, 0.2) is 0 Å². The average Bonchev–Trinajstić information content (AvgIpc) is 2.08. The Balaban J connectivity index is 2.14. The first-order chi connectivity index (χ1) is 6.99. The molecule has 1 fully saturated rings. The van der Waals surface area contributed by atoms with Crippen molar-refractivity contribution in [1.82, 2.24) is 5.32 Å². The molecule has 0 radical (unpaired) electrons. The van der Waals surface area contributed by atoms with E-state index in [0.29, 0.717) is 31.7 Å². The number of carbonyl (C=O) groups is 2. The van der Waals surface area contributed by atoms with Crippen molar-refractivity contribution in [3.63, 3.8) is 0 Å². The van der Waals surface area contributed by atoms with E-state index in [1.54, 1.807) is 0 Å². The van der Waals surface area contributed by atoms with Crippen molar-refractivity contribution in [1.29, 1.82) is 0 Å². The minimum atomic E-state index is -0.482. The summed E-state index contributed by atoms with van der Waals surface area (Å²) < 4.78 is 0. The number of rotatable bonds is 5. The van der Waals surface area contributed by atoms with E-state index in [9.17, 15) is 14.7 Å². The molecule has 1 unspecified atom stereocenters. The molecule has 1 saturated carbocycles. The zero-order chi connectivity index (χ0) is 11.4. The highest BCUT2D eigenvalue weighted by atomic mass is 16.3. The van der Waals surface area contributed by atoms with Crippen molar-refractivity contribution >= 4 is 11.7 Å². The van der Waals surface area contributed by atoms with Gasteiger partial charge in [0.25, 0.3) is 0 Å². The molecule has 86 valence electrons.